The molecule has 0 aromatic heterocycles. The number of carbonyl (C=O) groups excluding carboxylic acids is 2. The molecule has 1 aliphatic heterocycles. The van der Waals surface area contributed by atoms with Gasteiger partial charge in [-0.3, -0.25) is 14.5 Å². The molecule has 1 heterocycles. The average molecular weight is 425 g/mol. The van der Waals surface area contributed by atoms with E-state index >= 15 is 0 Å². The van der Waals surface area contributed by atoms with E-state index < -0.39 is 10.0 Å². The zero-order valence-electron chi connectivity index (χ0n) is 17.5. The highest BCUT2D eigenvalue weighted by molar-refractivity contribution is 7.89. The first-order valence-electron chi connectivity index (χ1n) is 10.1. The number of nitrogens with zero attached hydrogens (tertiary/aromatic N) is 2. The average Bonchev–Trinajstić information content (AvgIpc) is 2.91. The molecule has 2 N–H and O–H groups in total. The lowest BCUT2D eigenvalue weighted by molar-refractivity contribution is -0.123. The minimum Gasteiger partial charge on any atom is -0.353 e. The van der Waals surface area contributed by atoms with E-state index in [2.05, 4.69) is 10.6 Å². The number of amides is 2. The van der Waals surface area contributed by atoms with Crippen LogP contribution in [-0.2, 0) is 19.6 Å². The van der Waals surface area contributed by atoms with Crippen LogP contribution in [-0.4, -0.2) is 68.7 Å². The van der Waals surface area contributed by atoms with Crippen LogP contribution < -0.4 is 10.6 Å². The molecule has 2 rings (SSSR count). The molecule has 1 aromatic carbocycles. The van der Waals surface area contributed by atoms with Crippen molar-refractivity contribution in [2.45, 2.75) is 50.5 Å². The first kappa shape index (κ1) is 23.3. The van der Waals surface area contributed by atoms with E-state index in [1.165, 1.54) is 12.1 Å². The first-order chi connectivity index (χ1) is 13.7. The summed E-state index contributed by atoms with van der Waals surface area (Å²) in [6, 6.07) is 6.28. The second-order valence-electron chi connectivity index (χ2n) is 7.79. The van der Waals surface area contributed by atoms with Crippen LogP contribution in [0.15, 0.2) is 29.2 Å². The number of carbonyl (C=O) groups is 2. The monoisotopic (exact) mass is 424 g/mol. The lowest BCUT2D eigenvalue weighted by atomic mass is 10.2. The summed E-state index contributed by atoms with van der Waals surface area (Å²) in [6.45, 7) is 5.04. The zero-order chi connectivity index (χ0) is 21.4. The van der Waals surface area contributed by atoms with Crippen LogP contribution in [0.2, 0.25) is 0 Å². The summed E-state index contributed by atoms with van der Waals surface area (Å²) in [5.74, 6) is -0.411. The minimum atomic E-state index is -3.51. The van der Waals surface area contributed by atoms with Gasteiger partial charge >= 0.3 is 0 Å². The third-order valence-corrected chi connectivity index (χ3v) is 6.53. The van der Waals surface area contributed by atoms with Crippen LogP contribution in [0.25, 0.3) is 0 Å². The second kappa shape index (κ2) is 10.7. The van der Waals surface area contributed by atoms with Crippen LogP contribution in [0, 0.1) is 0 Å². The number of hydrogen-bond acceptors (Lipinski definition) is 5. The van der Waals surface area contributed by atoms with Crippen molar-refractivity contribution in [1.82, 2.24) is 14.5 Å². The van der Waals surface area contributed by atoms with Gasteiger partial charge in [-0.1, -0.05) is 12.8 Å². The topological polar surface area (TPSA) is 98.8 Å². The molecule has 1 fully saturated rings. The number of rotatable bonds is 8. The highest BCUT2D eigenvalue weighted by Crippen LogP contribution is 2.21. The summed E-state index contributed by atoms with van der Waals surface area (Å²) in [4.78, 5) is 25.8. The molecule has 8 nitrogen and oxygen atoms in total. The molecule has 0 atom stereocenters. The number of benzene rings is 1. The molecule has 0 spiro atoms. The standard InChI is InChI=1S/C20H32N4O4S/c1-16(2)21-19(25)14-23(3)15-20(26)22-17-8-10-18(11-9-17)29(27,28)24-12-6-4-5-7-13-24/h8-11,16H,4-7,12-15H2,1-3H3,(H,21,25)(H,22,26). The SMILES string of the molecule is CC(C)NC(=O)CN(C)CC(=O)Nc1ccc(S(=O)(=O)N2CCCCCC2)cc1. The molecule has 9 heteroatoms. The molecule has 0 aliphatic carbocycles. The van der Waals surface area contributed by atoms with Gasteiger partial charge < -0.3 is 10.6 Å². The number of nitrogens with one attached hydrogen (secondary N) is 2. The third kappa shape index (κ3) is 7.41. The Balaban J connectivity index is 1.91. The third-order valence-electron chi connectivity index (χ3n) is 4.62. The Hall–Kier alpha value is -1.97. The van der Waals surface area contributed by atoms with Gasteiger partial charge in [0.1, 0.15) is 0 Å². The molecular formula is C20H32N4O4S. The number of sulfonamides is 1. The van der Waals surface area contributed by atoms with E-state index in [1.807, 2.05) is 13.8 Å². The maximum Gasteiger partial charge on any atom is 0.243 e. The first-order valence-corrected chi connectivity index (χ1v) is 11.5. The Kier molecular flexibility index (Phi) is 8.60. The maximum atomic E-state index is 12.8. The predicted molar refractivity (Wildman–Crippen MR) is 113 cm³/mol. The Morgan fingerprint density at radius 2 is 1.55 bits per heavy atom. The van der Waals surface area contributed by atoms with Crippen molar-refractivity contribution < 1.29 is 18.0 Å². The lowest BCUT2D eigenvalue weighted by Crippen LogP contribution is -2.41. The molecule has 1 aromatic rings. The van der Waals surface area contributed by atoms with Crippen LogP contribution >= 0.6 is 0 Å². The summed E-state index contributed by atoms with van der Waals surface area (Å²) in [5.41, 5.74) is 0.518. The number of anilines is 1. The van der Waals surface area contributed by atoms with Crippen molar-refractivity contribution >= 4 is 27.5 Å². The second-order valence-corrected chi connectivity index (χ2v) is 9.72. The summed E-state index contributed by atoms with van der Waals surface area (Å²) in [7, 11) is -1.81. The van der Waals surface area contributed by atoms with Gasteiger partial charge in [-0.2, -0.15) is 4.31 Å². The molecule has 0 bridgehead atoms. The van der Waals surface area contributed by atoms with Gasteiger partial charge in [0, 0.05) is 24.8 Å². The summed E-state index contributed by atoms with van der Waals surface area (Å²) >= 11 is 0. The summed E-state index contributed by atoms with van der Waals surface area (Å²) in [6.07, 6.45) is 3.89. The lowest BCUT2D eigenvalue weighted by Gasteiger charge is -2.20. The smallest absolute Gasteiger partial charge is 0.243 e. The Morgan fingerprint density at radius 1 is 1.00 bits per heavy atom. The molecule has 1 aliphatic rings. The van der Waals surface area contributed by atoms with E-state index in [1.54, 1.807) is 28.4 Å². The minimum absolute atomic E-state index is 0.0498. The van der Waals surface area contributed by atoms with Gasteiger partial charge in [0.2, 0.25) is 21.8 Å². The number of hydrogen-bond donors (Lipinski definition) is 2. The molecule has 29 heavy (non-hydrogen) atoms. The predicted octanol–water partition coefficient (Wildman–Crippen LogP) is 1.65. The van der Waals surface area contributed by atoms with E-state index in [-0.39, 0.29) is 35.8 Å². The molecule has 2 amide bonds. The number of likely N-dealkylation sites (N-methyl/N-ethyl adjacent to an activating group) is 1. The van der Waals surface area contributed by atoms with Gasteiger partial charge in [-0.15, -0.1) is 0 Å². The van der Waals surface area contributed by atoms with Gasteiger partial charge in [-0.05, 0) is 58.0 Å². The van der Waals surface area contributed by atoms with Crippen molar-refractivity contribution in [3.8, 4) is 0 Å². The molecule has 1 saturated heterocycles. The largest absolute Gasteiger partial charge is 0.353 e. The van der Waals surface area contributed by atoms with Crippen LogP contribution in [0.4, 0.5) is 5.69 Å². The molecular weight excluding hydrogens is 392 g/mol. The van der Waals surface area contributed by atoms with Crippen molar-refractivity contribution in [1.29, 1.82) is 0 Å². The fourth-order valence-corrected chi connectivity index (χ4v) is 4.77. The Bertz CT molecular complexity index is 785. The maximum absolute atomic E-state index is 12.8. The van der Waals surface area contributed by atoms with E-state index in [9.17, 15) is 18.0 Å². The van der Waals surface area contributed by atoms with Crippen molar-refractivity contribution in [3.63, 3.8) is 0 Å². The van der Waals surface area contributed by atoms with E-state index in [0.29, 0.717) is 18.8 Å². The molecule has 0 unspecified atom stereocenters. The van der Waals surface area contributed by atoms with Gasteiger partial charge in [0.25, 0.3) is 0 Å². The fraction of sp³-hybridized carbons (Fsp3) is 0.600. The Morgan fingerprint density at radius 3 is 2.10 bits per heavy atom. The van der Waals surface area contributed by atoms with E-state index in [4.69, 9.17) is 0 Å². The van der Waals surface area contributed by atoms with Gasteiger partial charge in [-0.25, -0.2) is 8.42 Å². The highest BCUT2D eigenvalue weighted by atomic mass is 32.2. The quantitative estimate of drug-likeness (QED) is 0.661. The fourth-order valence-electron chi connectivity index (χ4n) is 3.26. The normalized spacial score (nSPS) is 15.9. The van der Waals surface area contributed by atoms with Crippen molar-refractivity contribution in [2.75, 3.05) is 38.5 Å². The Labute approximate surface area is 173 Å². The van der Waals surface area contributed by atoms with Gasteiger partial charge in [0.15, 0.2) is 0 Å². The summed E-state index contributed by atoms with van der Waals surface area (Å²) < 4.78 is 27.1. The summed E-state index contributed by atoms with van der Waals surface area (Å²) in [5, 5.41) is 5.51. The van der Waals surface area contributed by atoms with Crippen molar-refractivity contribution in [2.24, 2.45) is 0 Å². The van der Waals surface area contributed by atoms with Crippen LogP contribution in [0.5, 0.6) is 0 Å². The molecule has 0 radical (unpaired) electrons. The van der Waals surface area contributed by atoms with Crippen LogP contribution in [0.1, 0.15) is 39.5 Å². The molecule has 162 valence electrons. The van der Waals surface area contributed by atoms with E-state index in [0.717, 1.165) is 25.7 Å². The molecule has 0 saturated carbocycles. The zero-order valence-corrected chi connectivity index (χ0v) is 18.3. The van der Waals surface area contributed by atoms with Crippen molar-refractivity contribution in [3.05, 3.63) is 24.3 Å². The van der Waals surface area contributed by atoms with Crippen LogP contribution in [0.3, 0.4) is 0 Å². The highest BCUT2D eigenvalue weighted by Gasteiger charge is 2.25. The van der Waals surface area contributed by atoms with Gasteiger partial charge in [0.05, 0.1) is 18.0 Å².